The summed E-state index contributed by atoms with van der Waals surface area (Å²) in [5.41, 5.74) is 0. The summed E-state index contributed by atoms with van der Waals surface area (Å²) < 4.78 is 30.5. The molecule has 0 radical (unpaired) electrons. The van der Waals surface area contributed by atoms with Gasteiger partial charge in [-0.3, -0.25) is 8.42 Å². The molecule has 0 fully saturated rings. The fraction of sp³-hybridized carbons (Fsp3) is 1.00. The molecule has 0 saturated carbocycles. The van der Waals surface area contributed by atoms with Crippen LogP contribution in [0, 0.1) is 0 Å². The van der Waals surface area contributed by atoms with E-state index in [1.165, 1.54) is 0 Å². The maximum atomic E-state index is 10.2. The molecule has 0 aromatic heterocycles. The molecule has 1 N–H and O–H groups in total. The van der Waals surface area contributed by atoms with Crippen molar-refractivity contribution in [1.29, 1.82) is 0 Å². The van der Waals surface area contributed by atoms with E-state index in [0.717, 1.165) is 0 Å². The van der Waals surface area contributed by atoms with Crippen LogP contribution in [0.4, 0.5) is 0 Å². The maximum absolute atomic E-state index is 10.2. The van der Waals surface area contributed by atoms with E-state index < -0.39 is 9.15 Å². The first-order valence-electron chi connectivity index (χ1n) is 2.84. The van der Waals surface area contributed by atoms with Crippen LogP contribution in [-0.2, 0) is 19.9 Å². The van der Waals surface area contributed by atoms with Gasteiger partial charge in [0, 0.05) is 9.15 Å². The first kappa shape index (κ1) is 19.7. The van der Waals surface area contributed by atoms with Crippen molar-refractivity contribution in [3.05, 3.63) is 0 Å². The Labute approximate surface area is 121 Å². The van der Waals surface area contributed by atoms with Gasteiger partial charge in [-0.05, 0) is 7.05 Å². The van der Waals surface area contributed by atoms with Crippen LogP contribution in [0.1, 0.15) is 13.3 Å². The van der Waals surface area contributed by atoms with E-state index in [1.54, 1.807) is 7.05 Å². The Balaban J connectivity index is -0.000000405. The van der Waals surface area contributed by atoms with Crippen LogP contribution in [0.25, 0.3) is 0 Å². The van der Waals surface area contributed by atoms with Gasteiger partial charge in [0.1, 0.15) is 0 Å². The van der Waals surface area contributed by atoms with Crippen LogP contribution in [0.5, 0.6) is 0 Å². The van der Waals surface area contributed by atoms with E-state index in [0.29, 0.717) is 6.42 Å². The minimum atomic E-state index is -4.09. The van der Waals surface area contributed by atoms with Crippen LogP contribution in [0.3, 0.4) is 0 Å². The third-order valence-electron chi connectivity index (χ3n) is 0.976. The molecule has 1 unspecified atom stereocenters. The van der Waals surface area contributed by atoms with Gasteiger partial charge in [0.2, 0.25) is 0 Å². The van der Waals surface area contributed by atoms with Crippen LogP contribution in [0.15, 0.2) is 0 Å². The van der Waals surface area contributed by atoms with Crippen molar-refractivity contribution < 1.29 is 72.1 Å². The fourth-order valence-electron chi connectivity index (χ4n) is 0.487. The molecule has 0 spiro atoms. The van der Waals surface area contributed by atoms with Crippen molar-refractivity contribution in [3.8, 4) is 0 Å². The third-order valence-corrected chi connectivity index (χ3v) is 3.65. The molecule has 4 nitrogen and oxygen atoms in total. The van der Waals surface area contributed by atoms with E-state index in [9.17, 15) is 13.0 Å². The van der Waals surface area contributed by atoms with Crippen LogP contribution < -0.4 is 64.4 Å². The van der Waals surface area contributed by atoms with Gasteiger partial charge < -0.3 is 20.7 Å². The smallest absolute Gasteiger partial charge is 0.766 e. The molecular formula is C4H11NNa2O3S2. The Hall–Kier alpha value is 2.22. The summed E-state index contributed by atoms with van der Waals surface area (Å²) >= 11 is 0. The van der Waals surface area contributed by atoms with Crippen molar-refractivity contribution in [2.45, 2.75) is 18.7 Å². The van der Waals surface area contributed by atoms with E-state index in [-0.39, 0.29) is 75.3 Å². The molecule has 0 aliphatic carbocycles. The molecule has 0 amide bonds. The summed E-state index contributed by atoms with van der Waals surface area (Å²) in [6.45, 7) is 1.82. The predicted molar refractivity (Wildman–Crippen MR) is 41.6 cm³/mol. The summed E-state index contributed by atoms with van der Waals surface area (Å²) in [6.07, 6.45) is 0.638. The van der Waals surface area contributed by atoms with Crippen molar-refractivity contribution in [3.63, 3.8) is 0 Å². The molecule has 12 heavy (non-hydrogen) atoms. The van der Waals surface area contributed by atoms with E-state index >= 15 is 0 Å². The molecule has 0 bridgehead atoms. The van der Waals surface area contributed by atoms with Gasteiger partial charge >= 0.3 is 59.1 Å². The minimum Gasteiger partial charge on any atom is -0.766 e. The molecule has 0 heterocycles. The summed E-state index contributed by atoms with van der Waals surface area (Å²) in [7, 11) is -2.53. The van der Waals surface area contributed by atoms with Crippen molar-refractivity contribution in [2.75, 3.05) is 7.05 Å². The van der Waals surface area contributed by atoms with Crippen molar-refractivity contribution in [2.24, 2.45) is 0 Å². The Morgan fingerprint density at radius 3 is 2.00 bits per heavy atom. The van der Waals surface area contributed by atoms with E-state index in [2.05, 4.69) is 5.32 Å². The Morgan fingerprint density at radius 2 is 1.92 bits per heavy atom. The zero-order valence-electron chi connectivity index (χ0n) is 7.86. The summed E-state index contributed by atoms with van der Waals surface area (Å²) in [5.74, 6) is 0. The standard InChI is InChI=1S/C4H12NO3S2.2Na/c1-3-4(5-2)9-10(6,7)8;;/h4-5,9H,3H2,1-2H3,(H,6,7,8);;/q-1;2*+1/p-1. The molecule has 0 aliphatic rings. The first-order chi connectivity index (χ1) is 4.49. The molecule has 0 rings (SSSR count). The summed E-state index contributed by atoms with van der Waals surface area (Å²) in [5, 5.41) is 2.48. The van der Waals surface area contributed by atoms with Gasteiger partial charge in [-0.15, -0.1) is 0 Å². The first-order valence-corrected chi connectivity index (χ1v) is 5.82. The molecular weight excluding hydrogens is 220 g/mol. The van der Waals surface area contributed by atoms with E-state index in [4.69, 9.17) is 0 Å². The summed E-state index contributed by atoms with van der Waals surface area (Å²) in [4.78, 5) is 0. The molecule has 8 heteroatoms. The average molecular weight is 231 g/mol. The molecule has 0 aromatic carbocycles. The number of rotatable bonds is 4. The van der Waals surface area contributed by atoms with Crippen LogP contribution >= 0.6 is 0 Å². The zero-order valence-corrected chi connectivity index (χ0v) is 13.6. The predicted octanol–water partition coefficient (Wildman–Crippen LogP) is -6.77. The van der Waals surface area contributed by atoms with Gasteiger partial charge in [0.05, 0.1) is 0 Å². The molecule has 0 aromatic rings. The largest absolute Gasteiger partial charge is 1.00 e. The Kier molecular flexibility index (Phi) is 16.1. The van der Waals surface area contributed by atoms with E-state index in [1.807, 2.05) is 6.92 Å². The van der Waals surface area contributed by atoms with Gasteiger partial charge in [0.25, 0.3) is 0 Å². The second kappa shape index (κ2) is 9.76. The summed E-state index contributed by atoms with van der Waals surface area (Å²) in [6, 6.07) is 0. The van der Waals surface area contributed by atoms with Gasteiger partial charge in [-0.1, -0.05) is 18.7 Å². The van der Waals surface area contributed by atoms with Crippen molar-refractivity contribution in [1.82, 2.24) is 5.32 Å². The van der Waals surface area contributed by atoms with Gasteiger partial charge in [0.15, 0.2) is 0 Å². The van der Waals surface area contributed by atoms with Crippen LogP contribution in [0.2, 0.25) is 0 Å². The van der Waals surface area contributed by atoms with Crippen molar-refractivity contribution >= 4 is 19.9 Å². The van der Waals surface area contributed by atoms with Gasteiger partial charge in [-0.25, -0.2) is 0 Å². The number of nitrogens with one attached hydrogen (secondary N) is 1. The van der Waals surface area contributed by atoms with Gasteiger partial charge in [-0.2, -0.15) is 0 Å². The maximum Gasteiger partial charge on any atom is 1.00 e. The molecule has 0 aliphatic heterocycles. The topological polar surface area (TPSA) is 69.2 Å². The molecule has 1 atom stereocenters. The van der Waals surface area contributed by atoms with Crippen LogP contribution in [-0.4, -0.2) is 25.4 Å². The molecule has 64 valence electrons. The second-order valence-electron chi connectivity index (χ2n) is 1.75. The Bertz CT molecular complexity index is 181. The number of thiol groups is 1. The second-order valence-corrected chi connectivity index (χ2v) is 5.41. The fourth-order valence-corrected chi connectivity index (χ4v) is 2.75. The number of hydrogen-bond donors (Lipinski definition) is 1. The number of hydrogen-bond acceptors (Lipinski definition) is 5. The normalized spacial score (nSPS) is 12.9. The third kappa shape index (κ3) is 12.2. The average Bonchev–Trinajstić information content (AvgIpc) is 1.81. The quantitative estimate of drug-likeness (QED) is 0.172. The monoisotopic (exact) mass is 231 g/mol. The molecule has 0 saturated heterocycles. The zero-order chi connectivity index (χ0) is 8.20. The Morgan fingerprint density at radius 1 is 1.50 bits per heavy atom. The minimum absolute atomic E-state index is 0. The SMILES string of the molecule is CCC(NC)[SH-]S(=O)(=O)[O-].[Na+].[Na+].